The summed E-state index contributed by atoms with van der Waals surface area (Å²) in [5.41, 5.74) is -3.70. The van der Waals surface area contributed by atoms with E-state index in [1.165, 1.54) is 18.2 Å². The summed E-state index contributed by atoms with van der Waals surface area (Å²) in [4.78, 5) is 12.2. The van der Waals surface area contributed by atoms with Crippen molar-refractivity contribution in [2.75, 3.05) is 0 Å². The molecule has 0 radical (unpaired) electrons. The van der Waals surface area contributed by atoms with Gasteiger partial charge in [-0.1, -0.05) is 19.1 Å². The number of amides is 1. The Labute approximate surface area is 118 Å². The fourth-order valence-corrected chi connectivity index (χ4v) is 2.02. The third-order valence-electron chi connectivity index (χ3n) is 3.23. The normalized spacial score (nSPS) is 22.3. The number of hydrogen-bond donors (Lipinski definition) is 2. The first kappa shape index (κ1) is 15.3. The van der Waals surface area contributed by atoms with Crippen molar-refractivity contribution in [2.45, 2.75) is 31.7 Å². The molecule has 2 rings (SSSR count). The van der Waals surface area contributed by atoms with Gasteiger partial charge in [0.1, 0.15) is 5.75 Å². The van der Waals surface area contributed by atoms with Crippen LogP contribution in [0, 0.1) is 0 Å². The molecular weight excluding hydrogens is 289 g/mol. The number of rotatable bonds is 2. The Morgan fingerprint density at radius 2 is 2.05 bits per heavy atom. The second kappa shape index (κ2) is 5.03. The zero-order chi connectivity index (χ0) is 15.8. The number of phenolic OH excluding ortho intramolecular Hbond substituents is 1. The summed E-state index contributed by atoms with van der Waals surface area (Å²) in [6.07, 6.45) is -5.69. The fraction of sp³-hybridized carbons (Fsp3) is 0.385. The van der Waals surface area contributed by atoms with Gasteiger partial charge in [0, 0.05) is 12.1 Å². The molecule has 0 saturated heterocycles. The maximum Gasteiger partial charge on any atom is 0.438 e. The van der Waals surface area contributed by atoms with E-state index >= 15 is 0 Å². The Kier molecular flexibility index (Phi) is 3.66. The van der Waals surface area contributed by atoms with Gasteiger partial charge in [0.05, 0.1) is 5.56 Å². The first-order chi connectivity index (χ1) is 9.70. The number of nitrogens with zero attached hydrogens (tertiary/aromatic N) is 2. The molecule has 1 aromatic rings. The number of benzene rings is 1. The van der Waals surface area contributed by atoms with Gasteiger partial charge in [-0.25, -0.2) is 0 Å². The highest BCUT2D eigenvalue weighted by Gasteiger charge is 2.63. The quantitative estimate of drug-likeness (QED) is 0.880. The molecular formula is C13H13F3N2O3. The summed E-state index contributed by atoms with van der Waals surface area (Å²) in [5, 5.41) is 23.0. The number of hydrazone groups is 1. The highest BCUT2D eigenvalue weighted by Crippen LogP contribution is 2.41. The molecule has 1 aliphatic rings. The second-order valence-electron chi connectivity index (χ2n) is 4.65. The van der Waals surface area contributed by atoms with Crippen LogP contribution in [0.2, 0.25) is 0 Å². The van der Waals surface area contributed by atoms with Gasteiger partial charge in [-0.3, -0.25) is 4.79 Å². The highest BCUT2D eigenvalue weighted by atomic mass is 19.4. The Bertz CT molecular complexity index is 601. The molecule has 5 nitrogen and oxygen atoms in total. The number of alkyl halides is 3. The molecule has 0 saturated carbocycles. The van der Waals surface area contributed by atoms with Crippen LogP contribution in [0.15, 0.2) is 29.4 Å². The third kappa shape index (κ3) is 2.46. The molecule has 0 fully saturated rings. The van der Waals surface area contributed by atoms with Crippen molar-refractivity contribution in [3.63, 3.8) is 0 Å². The maximum atomic E-state index is 13.1. The van der Waals surface area contributed by atoms with E-state index in [1.807, 2.05) is 0 Å². The van der Waals surface area contributed by atoms with Gasteiger partial charge in [0.25, 0.3) is 11.6 Å². The van der Waals surface area contributed by atoms with Crippen LogP contribution in [0.4, 0.5) is 13.2 Å². The zero-order valence-corrected chi connectivity index (χ0v) is 11.1. The van der Waals surface area contributed by atoms with Crippen molar-refractivity contribution in [3.05, 3.63) is 29.8 Å². The van der Waals surface area contributed by atoms with Crippen LogP contribution in [-0.4, -0.2) is 38.7 Å². The van der Waals surface area contributed by atoms with Crippen molar-refractivity contribution in [1.82, 2.24) is 5.01 Å². The van der Waals surface area contributed by atoms with Crippen molar-refractivity contribution >= 4 is 11.6 Å². The minimum atomic E-state index is -5.06. The number of halogens is 3. The molecule has 1 amide bonds. The van der Waals surface area contributed by atoms with Gasteiger partial charge in [0.2, 0.25) is 0 Å². The number of aromatic hydroxyl groups is 1. The Morgan fingerprint density at radius 1 is 1.43 bits per heavy atom. The molecule has 2 N–H and O–H groups in total. The summed E-state index contributed by atoms with van der Waals surface area (Å²) in [7, 11) is 0. The summed E-state index contributed by atoms with van der Waals surface area (Å²) in [5.74, 6) is -1.69. The molecule has 114 valence electrons. The van der Waals surface area contributed by atoms with Gasteiger partial charge in [-0.05, 0) is 18.6 Å². The van der Waals surface area contributed by atoms with Crippen LogP contribution in [0.5, 0.6) is 5.75 Å². The number of phenols is 1. The van der Waals surface area contributed by atoms with Crippen molar-refractivity contribution in [2.24, 2.45) is 5.10 Å². The lowest BCUT2D eigenvalue weighted by Gasteiger charge is -2.32. The lowest BCUT2D eigenvalue weighted by Crippen LogP contribution is -2.56. The first-order valence-corrected chi connectivity index (χ1v) is 6.18. The average molecular weight is 302 g/mol. The van der Waals surface area contributed by atoms with E-state index in [-0.39, 0.29) is 22.7 Å². The monoisotopic (exact) mass is 302 g/mol. The average Bonchev–Trinajstić information content (AvgIpc) is 2.77. The number of aliphatic hydroxyl groups is 1. The molecule has 8 heteroatoms. The Hall–Kier alpha value is -2.09. The topological polar surface area (TPSA) is 73.1 Å². The van der Waals surface area contributed by atoms with E-state index in [1.54, 1.807) is 6.92 Å². The van der Waals surface area contributed by atoms with Crippen LogP contribution in [-0.2, 0) is 0 Å². The highest BCUT2D eigenvalue weighted by molar-refractivity contribution is 6.00. The van der Waals surface area contributed by atoms with Crippen LogP contribution < -0.4 is 0 Å². The predicted molar refractivity (Wildman–Crippen MR) is 67.6 cm³/mol. The molecule has 0 bridgehead atoms. The standard InChI is InChI=1S/C13H13F3N2O3/c1-2-8-7-12(21,13(14,15)16)18(17-8)11(20)9-5-3-4-6-10(9)19/h3-6,19,21H,2,7H2,1H3/t12-/m0/s1. The van der Waals surface area contributed by atoms with E-state index in [2.05, 4.69) is 5.10 Å². The molecule has 0 aromatic heterocycles. The van der Waals surface area contributed by atoms with E-state index in [0.29, 0.717) is 0 Å². The van der Waals surface area contributed by atoms with Gasteiger partial charge >= 0.3 is 6.18 Å². The van der Waals surface area contributed by atoms with E-state index in [9.17, 15) is 28.2 Å². The van der Waals surface area contributed by atoms with Crippen molar-refractivity contribution in [3.8, 4) is 5.75 Å². The van der Waals surface area contributed by atoms with Gasteiger partial charge in [-0.15, -0.1) is 0 Å². The molecule has 1 aliphatic heterocycles. The number of para-hydroxylation sites is 1. The summed E-state index contributed by atoms with van der Waals surface area (Å²) < 4.78 is 39.3. The minimum absolute atomic E-state index is 0.000880. The van der Waals surface area contributed by atoms with Crippen LogP contribution in [0.3, 0.4) is 0 Å². The Balaban J connectivity index is 2.46. The van der Waals surface area contributed by atoms with Gasteiger partial charge < -0.3 is 10.2 Å². The predicted octanol–water partition coefficient (Wildman–Crippen LogP) is 2.26. The van der Waals surface area contributed by atoms with E-state index < -0.39 is 30.0 Å². The molecule has 1 atom stereocenters. The third-order valence-corrected chi connectivity index (χ3v) is 3.23. The molecule has 21 heavy (non-hydrogen) atoms. The first-order valence-electron chi connectivity index (χ1n) is 6.18. The van der Waals surface area contributed by atoms with Gasteiger partial charge in [-0.2, -0.15) is 23.3 Å². The van der Waals surface area contributed by atoms with E-state index in [4.69, 9.17) is 0 Å². The number of carbonyl (C=O) groups is 1. The smallest absolute Gasteiger partial charge is 0.438 e. The molecule has 0 spiro atoms. The lowest BCUT2D eigenvalue weighted by molar-refractivity contribution is -0.297. The molecule has 0 aliphatic carbocycles. The largest absolute Gasteiger partial charge is 0.507 e. The lowest BCUT2D eigenvalue weighted by atomic mass is 10.0. The van der Waals surface area contributed by atoms with Crippen LogP contribution in [0.25, 0.3) is 0 Å². The number of hydrogen-bond acceptors (Lipinski definition) is 4. The minimum Gasteiger partial charge on any atom is -0.507 e. The van der Waals surface area contributed by atoms with Gasteiger partial charge in [0.15, 0.2) is 0 Å². The SMILES string of the molecule is CCC1=NN(C(=O)c2ccccc2O)[C@@](O)(C(F)(F)F)C1. The molecule has 1 aromatic carbocycles. The van der Waals surface area contributed by atoms with E-state index in [0.717, 1.165) is 6.07 Å². The fourth-order valence-electron chi connectivity index (χ4n) is 2.02. The Morgan fingerprint density at radius 3 is 2.57 bits per heavy atom. The van der Waals surface area contributed by atoms with Crippen molar-refractivity contribution in [1.29, 1.82) is 0 Å². The zero-order valence-electron chi connectivity index (χ0n) is 11.1. The summed E-state index contributed by atoms with van der Waals surface area (Å²) in [6.45, 7) is 1.57. The second-order valence-corrected chi connectivity index (χ2v) is 4.65. The molecule has 0 unspecified atom stereocenters. The maximum absolute atomic E-state index is 13.1. The number of carbonyl (C=O) groups excluding carboxylic acids is 1. The summed E-state index contributed by atoms with van der Waals surface area (Å²) >= 11 is 0. The van der Waals surface area contributed by atoms with Crippen molar-refractivity contribution < 1.29 is 28.2 Å². The van der Waals surface area contributed by atoms with Crippen LogP contribution in [0.1, 0.15) is 30.1 Å². The summed E-state index contributed by atoms with van der Waals surface area (Å²) in [6, 6.07) is 5.14. The van der Waals surface area contributed by atoms with Crippen LogP contribution >= 0.6 is 0 Å². The molecule has 1 heterocycles.